The molecule has 1 nitrogen and oxygen atoms in total. The molecular formula is C16H26O. The van der Waals surface area contributed by atoms with Gasteiger partial charge in [0.05, 0.1) is 0 Å². The Labute approximate surface area is 106 Å². The van der Waals surface area contributed by atoms with Crippen LogP contribution in [0.5, 0.6) is 0 Å². The van der Waals surface area contributed by atoms with E-state index in [1.54, 1.807) is 0 Å². The summed E-state index contributed by atoms with van der Waals surface area (Å²) in [5.41, 5.74) is 2.75. The zero-order valence-corrected chi connectivity index (χ0v) is 11.8. The Kier molecular flexibility index (Phi) is 3.75. The maximum Gasteiger partial charge on any atom is 0.162 e. The lowest BCUT2D eigenvalue weighted by Gasteiger charge is -2.26. The first-order valence-electron chi connectivity index (χ1n) is 7.24. The van der Waals surface area contributed by atoms with Crippen LogP contribution in [0.15, 0.2) is 11.1 Å². The molecule has 2 aliphatic rings. The average molecular weight is 234 g/mol. The molecule has 1 unspecified atom stereocenters. The van der Waals surface area contributed by atoms with Crippen LogP contribution in [0.25, 0.3) is 0 Å². The third-order valence-electron chi connectivity index (χ3n) is 4.57. The number of Topliss-reactive ketones (excluding diaryl/α,β-unsaturated/α-hetero) is 1. The van der Waals surface area contributed by atoms with Crippen molar-refractivity contribution in [2.75, 3.05) is 0 Å². The van der Waals surface area contributed by atoms with E-state index in [0.717, 1.165) is 31.1 Å². The van der Waals surface area contributed by atoms with Gasteiger partial charge in [-0.2, -0.15) is 0 Å². The van der Waals surface area contributed by atoms with Crippen molar-refractivity contribution in [2.24, 2.45) is 23.7 Å². The van der Waals surface area contributed by atoms with Crippen LogP contribution < -0.4 is 0 Å². The van der Waals surface area contributed by atoms with Crippen molar-refractivity contribution in [2.45, 2.75) is 59.8 Å². The van der Waals surface area contributed by atoms with Crippen LogP contribution in [-0.4, -0.2) is 5.78 Å². The molecule has 96 valence electrons. The molecule has 0 bridgehead atoms. The molecule has 0 N–H and O–H groups in total. The summed E-state index contributed by atoms with van der Waals surface area (Å²) in [6.07, 6.45) is 5.73. The molecule has 17 heavy (non-hydrogen) atoms. The summed E-state index contributed by atoms with van der Waals surface area (Å²) < 4.78 is 0. The van der Waals surface area contributed by atoms with Crippen LogP contribution >= 0.6 is 0 Å². The Morgan fingerprint density at radius 2 is 1.88 bits per heavy atom. The number of allylic oxidation sites excluding steroid dienone is 2. The monoisotopic (exact) mass is 234 g/mol. The van der Waals surface area contributed by atoms with Crippen LogP contribution in [-0.2, 0) is 4.79 Å². The maximum absolute atomic E-state index is 12.4. The molecule has 0 aromatic heterocycles. The Morgan fingerprint density at radius 3 is 2.47 bits per heavy atom. The van der Waals surface area contributed by atoms with Gasteiger partial charge in [0.15, 0.2) is 5.78 Å². The van der Waals surface area contributed by atoms with Gasteiger partial charge in [0.25, 0.3) is 0 Å². The molecule has 0 radical (unpaired) electrons. The normalized spacial score (nSPS) is 29.4. The third-order valence-corrected chi connectivity index (χ3v) is 4.57. The van der Waals surface area contributed by atoms with Gasteiger partial charge in [0.2, 0.25) is 0 Å². The Hall–Kier alpha value is -0.590. The molecule has 1 heteroatoms. The van der Waals surface area contributed by atoms with E-state index < -0.39 is 0 Å². The molecule has 0 saturated heterocycles. The molecule has 0 fully saturated rings. The topological polar surface area (TPSA) is 17.1 Å². The molecule has 0 heterocycles. The fourth-order valence-electron chi connectivity index (χ4n) is 3.48. The summed E-state index contributed by atoms with van der Waals surface area (Å²) in [7, 11) is 0. The second-order valence-corrected chi connectivity index (χ2v) is 6.72. The minimum atomic E-state index is 0.325. The van der Waals surface area contributed by atoms with E-state index in [1.165, 1.54) is 24.0 Å². The summed E-state index contributed by atoms with van der Waals surface area (Å²) in [5.74, 6) is 2.94. The predicted octanol–water partition coefficient (Wildman–Crippen LogP) is 4.37. The molecule has 2 aliphatic carbocycles. The number of carbonyl (C=O) groups excluding carboxylic acids is 1. The van der Waals surface area contributed by atoms with Gasteiger partial charge >= 0.3 is 0 Å². The van der Waals surface area contributed by atoms with E-state index in [2.05, 4.69) is 27.7 Å². The smallest absolute Gasteiger partial charge is 0.162 e. The molecule has 2 rings (SSSR count). The average Bonchev–Trinajstić information content (AvgIpc) is 2.55. The minimum Gasteiger partial charge on any atom is -0.294 e. The second kappa shape index (κ2) is 4.96. The molecule has 0 aliphatic heterocycles. The van der Waals surface area contributed by atoms with E-state index in [9.17, 15) is 4.79 Å². The van der Waals surface area contributed by atoms with E-state index in [1.807, 2.05) is 0 Å². The summed E-state index contributed by atoms with van der Waals surface area (Å²) in [6.45, 7) is 9.03. The lowest BCUT2D eigenvalue weighted by molar-refractivity contribution is -0.119. The highest BCUT2D eigenvalue weighted by Gasteiger charge is 2.36. The predicted molar refractivity (Wildman–Crippen MR) is 71.8 cm³/mol. The second-order valence-electron chi connectivity index (χ2n) is 6.72. The first-order chi connectivity index (χ1) is 7.99. The summed E-state index contributed by atoms with van der Waals surface area (Å²) >= 11 is 0. The van der Waals surface area contributed by atoms with Crippen molar-refractivity contribution in [3.8, 4) is 0 Å². The van der Waals surface area contributed by atoms with E-state index in [-0.39, 0.29) is 0 Å². The highest BCUT2D eigenvalue weighted by molar-refractivity contribution is 6.00. The van der Waals surface area contributed by atoms with Gasteiger partial charge in [-0.3, -0.25) is 4.79 Å². The van der Waals surface area contributed by atoms with E-state index in [4.69, 9.17) is 0 Å². The van der Waals surface area contributed by atoms with Crippen molar-refractivity contribution >= 4 is 5.78 Å². The fourth-order valence-corrected chi connectivity index (χ4v) is 3.48. The van der Waals surface area contributed by atoms with Crippen LogP contribution in [0.2, 0.25) is 0 Å². The fraction of sp³-hybridized carbons (Fsp3) is 0.812. The van der Waals surface area contributed by atoms with Gasteiger partial charge in [0.1, 0.15) is 0 Å². The first-order valence-corrected chi connectivity index (χ1v) is 7.24. The van der Waals surface area contributed by atoms with Crippen molar-refractivity contribution in [3.05, 3.63) is 11.1 Å². The Balaban J connectivity index is 2.05. The molecule has 2 atom stereocenters. The number of hydrogen-bond donors (Lipinski definition) is 0. The molecule has 0 saturated carbocycles. The van der Waals surface area contributed by atoms with Crippen LogP contribution in [0.3, 0.4) is 0 Å². The summed E-state index contributed by atoms with van der Waals surface area (Å²) in [6, 6.07) is 0. The number of carbonyl (C=O) groups is 1. The SMILES string of the molecule is CC(C)CC1CC2=C(C[C@H](C(C)C)CC2)C1=O. The zero-order valence-electron chi connectivity index (χ0n) is 11.8. The van der Waals surface area contributed by atoms with Crippen LogP contribution in [0, 0.1) is 23.7 Å². The third kappa shape index (κ3) is 2.64. The first kappa shape index (κ1) is 12.9. The largest absolute Gasteiger partial charge is 0.294 e. The van der Waals surface area contributed by atoms with Gasteiger partial charge < -0.3 is 0 Å². The van der Waals surface area contributed by atoms with Gasteiger partial charge in [-0.15, -0.1) is 0 Å². The Bertz CT molecular complexity index is 335. The lowest BCUT2D eigenvalue weighted by Crippen LogP contribution is -2.18. The molecule has 0 spiro atoms. The van der Waals surface area contributed by atoms with Crippen molar-refractivity contribution in [1.82, 2.24) is 0 Å². The number of hydrogen-bond acceptors (Lipinski definition) is 1. The van der Waals surface area contributed by atoms with E-state index in [0.29, 0.717) is 17.6 Å². The van der Waals surface area contributed by atoms with Crippen molar-refractivity contribution in [3.63, 3.8) is 0 Å². The Morgan fingerprint density at radius 1 is 1.18 bits per heavy atom. The number of rotatable bonds is 3. The highest BCUT2D eigenvalue weighted by atomic mass is 16.1. The lowest BCUT2D eigenvalue weighted by atomic mass is 9.79. The van der Waals surface area contributed by atoms with E-state index >= 15 is 0 Å². The van der Waals surface area contributed by atoms with Gasteiger partial charge in [-0.1, -0.05) is 33.3 Å². The maximum atomic E-state index is 12.4. The van der Waals surface area contributed by atoms with Crippen LogP contribution in [0.4, 0.5) is 0 Å². The summed E-state index contributed by atoms with van der Waals surface area (Å²) in [5, 5.41) is 0. The van der Waals surface area contributed by atoms with Crippen molar-refractivity contribution in [1.29, 1.82) is 0 Å². The van der Waals surface area contributed by atoms with Gasteiger partial charge in [-0.05, 0) is 55.4 Å². The standard InChI is InChI=1S/C16H26O/c1-10(2)7-14-8-13-6-5-12(11(3)4)9-15(13)16(14)17/h10-12,14H,5-9H2,1-4H3/t12-,14?/m1/s1. The van der Waals surface area contributed by atoms with Gasteiger partial charge in [-0.25, -0.2) is 0 Å². The van der Waals surface area contributed by atoms with Crippen molar-refractivity contribution < 1.29 is 4.79 Å². The minimum absolute atomic E-state index is 0.325. The number of ketones is 1. The molecular weight excluding hydrogens is 208 g/mol. The highest BCUT2D eigenvalue weighted by Crippen LogP contribution is 2.43. The summed E-state index contributed by atoms with van der Waals surface area (Å²) in [4.78, 5) is 12.4. The van der Waals surface area contributed by atoms with Gasteiger partial charge in [0, 0.05) is 5.92 Å². The molecule has 0 amide bonds. The quantitative estimate of drug-likeness (QED) is 0.708. The molecule has 0 aromatic carbocycles. The zero-order chi connectivity index (χ0) is 12.6. The molecule has 0 aromatic rings. The van der Waals surface area contributed by atoms with Crippen LogP contribution in [0.1, 0.15) is 59.8 Å².